The van der Waals surface area contributed by atoms with Crippen LogP contribution in [0.15, 0.2) is 12.4 Å². The first-order valence-electron chi connectivity index (χ1n) is 11.9. The highest BCUT2D eigenvalue weighted by Crippen LogP contribution is 2.36. The van der Waals surface area contributed by atoms with E-state index in [4.69, 9.17) is 4.74 Å². The largest absolute Gasteiger partial charge is 0.460 e. The minimum absolute atomic E-state index is 0.00273. The molecule has 7 nitrogen and oxygen atoms in total. The molecule has 1 fully saturated rings. The number of fused-ring (bicyclic) bond motifs is 1. The number of thiazole rings is 1. The third-order valence-electron chi connectivity index (χ3n) is 6.68. The van der Waals surface area contributed by atoms with Gasteiger partial charge in [0.1, 0.15) is 5.67 Å². The number of carbonyl (C=O) groups is 1. The zero-order valence-electron chi connectivity index (χ0n) is 19.7. The van der Waals surface area contributed by atoms with E-state index in [1.54, 1.807) is 17.9 Å². The highest BCUT2D eigenvalue weighted by atomic mass is 32.1. The van der Waals surface area contributed by atoms with Gasteiger partial charge in [0, 0.05) is 50.2 Å². The molecule has 0 unspecified atom stereocenters. The first kappa shape index (κ1) is 25.9. The molecule has 1 aliphatic carbocycles. The summed E-state index contributed by atoms with van der Waals surface area (Å²) < 4.78 is 59.0. The molecule has 1 amide bonds. The van der Waals surface area contributed by atoms with Gasteiger partial charge in [-0.1, -0.05) is 11.3 Å². The van der Waals surface area contributed by atoms with Gasteiger partial charge in [-0.2, -0.15) is 18.3 Å². The van der Waals surface area contributed by atoms with Crippen LogP contribution in [0.5, 0.6) is 5.19 Å². The lowest BCUT2D eigenvalue weighted by atomic mass is 9.81. The van der Waals surface area contributed by atoms with Gasteiger partial charge >= 0.3 is 6.18 Å². The van der Waals surface area contributed by atoms with E-state index in [2.05, 4.69) is 20.3 Å². The normalized spacial score (nSPS) is 23.5. The topological polar surface area (TPSA) is 72.3 Å². The highest BCUT2D eigenvalue weighted by Gasteiger charge is 2.36. The van der Waals surface area contributed by atoms with Crippen LogP contribution in [-0.2, 0) is 31.1 Å². The first-order chi connectivity index (χ1) is 16.6. The molecular weight excluding hydrogens is 486 g/mol. The van der Waals surface area contributed by atoms with Crippen molar-refractivity contribution in [3.63, 3.8) is 0 Å². The predicted octanol–water partition coefficient (Wildman–Crippen LogP) is 3.62. The van der Waals surface area contributed by atoms with Crippen LogP contribution >= 0.6 is 11.3 Å². The number of aromatic nitrogens is 3. The van der Waals surface area contributed by atoms with Crippen molar-refractivity contribution >= 4 is 17.2 Å². The van der Waals surface area contributed by atoms with Crippen LogP contribution in [0.3, 0.4) is 0 Å². The van der Waals surface area contributed by atoms with Crippen LogP contribution in [0, 0.1) is 0 Å². The Labute approximate surface area is 205 Å². The zero-order chi connectivity index (χ0) is 25.1. The van der Waals surface area contributed by atoms with Crippen molar-refractivity contribution < 1.29 is 27.1 Å². The lowest BCUT2D eigenvalue weighted by Gasteiger charge is -2.35. The maximum Gasteiger partial charge on any atom is 0.422 e. The molecule has 2 aliphatic rings. The number of nitrogens with zero attached hydrogens (tertiary/aromatic N) is 4. The van der Waals surface area contributed by atoms with Crippen LogP contribution in [0.4, 0.5) is 17.6 Å². The maximum atomic E-state index is 15.5. The summed E-state index contributed by atoms with van der Waals surface area (Å²) in [5, 5.41) is 7.15. The number of alkyl halides is 4. The fourth-order valence-electron chi connectivity index (χ4n) is 4.73. The second-order valence-corrected chi connectivity index (χ2v) is 10.6. The minimum atomic E-state index is -4.38. The molecule has 0 bridgehead atoms. The Morgan fingerprint density at radius 1 is 1.29 bits per heavy atom. The summed E-state index contributed by atoms with van der Waals surface area (Å²) >= 11 is 1.17. The molecule has 0 saturated heterocycles. The fourth-order valence-corrected chi connectivity index (χ4v) is 5.67. The van der Waals surface area contributed by atoms with E-state index in [1.807, 2.05) is 6.20 Å². The van der Waals surface area contributed by atoms with E-state index in [-0.39, 0.29) is 23.6 Å². The minimum Gasteiger partial charge on any atom is -0.460 e. The molecule has 35 heavy (non-hydrogen) atoms. The van der Waals surface area contributed by atoms with Crippen LogP contribution in [-0.4, -0.2) is 69.7 Å². The van der Waals surface area contributed by atoms with Crippen molar-refractivity contribution in [2.45, 2.75) is 69.3 Å². The van der Waals surface area contributed by atoms with Crippen molar-refractivity contribution in [1.29, 1.82) is 0 Å². The Morgan fingerprint density at radius 2 is 2.03 bits per heavy atom. The summed E-state index contributed by atoms with van der Waals surface area (Å²) in [6.45, 7) is 0.704. The van der Waals surface area contributed by atoms with Crippen LogP contribution in [0.25, 0.3) is 0 Å². The molecular formula is C23H31F4N5O2S. The van der Waals surface area contributed by atoms with Gasteiger partial charge in [0.15, 0.2) is 6.61 Å². The maximum absolute atomic E-state index is 15.5. The van der Waals surface area contributed by atoms with Gasteiger partial charge in [0.25, 0.3) is 5.19 Å². The molecule has 1 N–H and O–H groups in total. The Bertz CT molecular complexity index is 975. The molecule has 0 radical (unpaired) electrons. The summed E-state index contributed by atoms with van der Waals surface area (Å²) in [5.41, 5.74) is 0.401. The summed E-state index contributed by atoms with van der Waals surface area (Å²) in [6.07, 6.45) is 3.19. The van der Waals surface area contributed by atoms with E-state index < -0.39 is 18.5 Å². The molecule has 1 aliphatic heterocycles. The standard InChI is InChI=1S/C23H31F4N5O2S/c1-31-14-16(13-28-31)12-20(33)29-17-2-6-22(24,7-3-17)8-11-32-9-4-18-19(5-10-32)35-21(30-18)34-15-23(25,26)27/h13-14,17H,2-12,15H2,1H3,(H,29,33). The second-order valence-electron chi connectivity index (χ2n) is 9.54. The number of halogens is 4. The van der Waals surface area contributed by atoms with Gasteiger partial charge in [0.05, 0.1) is 18.3 Å². The summed E-state index contributed by atoms with van der Waals surface area (Å²) in [4.78, 5) is 19.7. The number of aryl methyl sites for hydroxylation is 1. The average Bonchev–Trinajstić information content (AvgIpc) is 3.33. The van der Waals surface area contributed by atoms with Crippen molar-refractivity contribution in [3.8, 4) is 5.19 Å². The molecule has 0 atom stereocenters. The number of hydrogen-bond donors (Lipinski definition) is 1. The summed E-state index contributed by atoms with van der Waals surface area (Å²) in [5.74, 6) is -0.0630. The molecule has 194 valence electrons. The van der Waals surface area contributed by atoms with E-state index >= 15 is 4.39 Å². The van der Waals surface area contributed by atoms with Gasteiger partial charge < -0.3 is 15.0 Å². The van der Waals surface area contributed by atoms with Crippen LogP contribution in [0.1, 0.15) is 48.2 Å². The van der Waals surface area contributed by atoms with Crippen molar-refractivity contribution in [1.82, 2.24) is 25.0 Å². The Balaban J connectivity index is 1.17. The molecule has 0 spiro atoms. The van der Waals surface area contributed by atoms with Gasteiger partial charge in [-0.3, -0.25) is 9.48 Å². The average molecular weight is 518 g/mol. The van der Waals surface area contributed by atoms with Gasteiger partial charge in [-0.15, -0.1) is 0 Å². The van der Waals surface area contributed by atoms with Crippen LogP contribution in [0.2, 0.25) is 0 Å². The van der Waals surface area contributed by atoms with Crippen LogP contribution < -0.4 is 10.1 Å². The quantitative estimate of drug-likeness (QED) is 0.542. The molecule has 2 aromatic rings. The SMILES string of the molecule is Cn1cc(CC(=O)NC2CCC(F)(CCN3CCc4nc(OCC(F)(F)F)sc4CC3)CC2)cn1. The third-order valence-corrected chi connectivity index (χ3v) is 7.75. The van der Waals surface area contributed by atoms with Crippen molar-refractivity contribution in [3.05, 3.63) is 28.5 Å². The molecule has 4 rings (SSSR count). The fraction of sp³-hybridized carbons (Fsp3) is 0.696. The van der Waals surface area contributed by atoms with Crippen molar-refractivity contribution in [2.24, 2.45) is 7.05 Å². The monoisotopic (exact) mass is 517 g/mol. The molecule has 2 aromatic heterocycles. The van der Waals surface area contributed by atoms with E-state index in [0.717, 1.165) is 22.7 Å². The number of amides is 1. The second kappa shape index (κ2) is 10.8. The molecule has 3 heterocycles. The van der Waals surface area contributed by atoms with E-state index in [1.165, 1.54) is 11.3 Å². The Morgan fingerprint density at radius 3 is 2.71 bits per heavy atom. The Hall–Kier alpha value is -2.21. The molecule has 1 saturated carbocycles. The molecule has 12 heteroatoms. The lowest BCUT2D eigenvalue weighted by Crippen LogP contribution is -2.43. The third kappa shape index (κ3) is 7.63. The number of rotatable bonds is 8. The first-order valence-corrected chi connectivity index (χ1v) is 12.7. The van der Waals surface area contributed by atoms with Gasteiger partial charge in [0.2, 0.25) is 5.91 Å². The van der Waals surface area contributed by atoms with Crippen molar-refractivity contribution in [2.75, 3.05) is 26.2 Å². The smallest absolute Gasteiger partial charge is 0.422 e. The number of hydrogen-bond acceptors (Lipinski definition) is 6. The summed E-state index contributed by atoms with van der Waals surface area (Å²) in [6, 6.07) is -0.00273. The van der Waals surface area contributed by atoms with E-state index in [0.29, 0.717) is 58.0 Å². The number of ether oxygens (including phenoxy) is 1. The summed E-state index contributed by atoms with van der Waals surface area (Å²) in [7, 11) is 1.80. The molecule has 0 aromatic carbocycles. The van der Waals surface area contributed by atoms with E-state index in [9.17, 15) is 18.0 Å². The zero-order valence-corrected chi connectivity index (χ0v) is 20.6. The Kier molecular flexibility index (Phi) is 7.99. The number of carbonyl (C=O) groups excluding carboxylic acids is 1. The number of nitrogens with one attached hydrogen (secondary N) is 1. The van der Waals surface area contributed by atoms with Gasteiger partial charge in [-0.05, 0) is 44.1 Å². The lowest BCUT2D eigenvalue weighted by molar-refractivity contribution is -0.153. The van der Waals surface area contributed by atoms with Gasteiger partial charge in [-0.25, -0.2) is 9.37 Å². The highest BCUT2D eigenvalue weighted by molar-refractivity contribution is 7.13. The predicted molar refractivity (Wildman–Crippen MR) is 123 cm³/mol.